The molecule has 2 fully saturated rings. The number of ether oxygens (including phenoxy) is 1. The minimum atomic E-state index is 0.598. The summed E-state index contributed by atoms with van der Waals surface area (Å²) in [7, 11) is 1.70. The number of hydrogen-bond donors (Lipinski definition) is 2. The molecule has 2 aliphatic rings. The van der Waals surface area contributed by atoms with Crippen molar-refractivity contribution in [2.45, 2.75) is 50.6 Å². The summed E-state index contributed by atoms with van der Waals surface area (Å²) in [5.41, 5.74) is 1.19. The summed E-state index contributed by atoms with van der Waals surface area (Å²) in [6.07, 6.45) is 8.05. The van der Waals surface area contributed by atoms with Crippen molar-refractivity contribution in [3.05, 3.63) is 22.7 Å². The van der Waals surface area contributed by atoms with Gasteiger partial charge < -0.3 is 15.4 Å². The lowest BCUT2D eigenvalue weighted by molar-refractivity contribution is 0.286. The first-order valence-corrected chi connectivity index (χ1v) is 8.90. The number of anilines is 1. The third-order valence-electron chi connectivity index (χ3n) is 4.94. The van der Waals surface area contributed by atoms with E-state index in [1.165, 1.54) is 50.8 Å². The SMILES string of the molecule is COc1ccc(NC2CCCC2C2CCCCN2)cc1Br. The van der Waals surface area contributed by atoms with Gasteiger partial charge in [0.25, 0.3) is 0 Å². The molecule has 3 nitrogen and oxygen atoms in total. The van der Waals surface area contributed by atoms with Gasteiger partial charge in [0, 0.05) is 17.8 Å². The first kappa shape index (κ1) is 15.2. The molecule has 1 saturated carbocycles. The van der Waals surface area contributed by atoms with Crippen LogP contribution in [0.3, 0.4) is 0 Å². The van der Waals surface area contributed by atoms with Crippen LogP contribution in [0.1, 0.15) is 38.5 Å². The second kappa shape index (κ2) is 7.01. The topological polar surface area (TPSA) is 33.3 Å². The molecule has 1 heterocycles. The quantitative estimate of drug-likeness (QED) is 0.852. The van der Waals surface area contributed by atoms with Crippen LogP contribution in [0, 0.1) is 5.92 Å². The summed E-state index contributed by atoms with van der Waals surface area (Å²) < 4.78 is 6.32. The van der Waals surface area contributed by atoms with Gasteiger partial charge in [0.05, 0.1) is 11.6 Å². The number of halogens is 1. The second-order valence-electron chi connectivity index (χ2n) is 6.25. The van der Waals surface area contributed by atoms with Gasteiger partial charge in [0.15, 0.2) is 0 Å². The maximum absolute atomic E-state index is 5.30. The minimum absolute atomic E-state index is 0.598. The number of piperidine rings is 1. The Kier molecular flexibility index (Phi) is 5.07. The summed E-state index contributed by atoms with van der Waals surface area (Å²) in [5, 5.41) is 7.49. The van der Waals surface area contributed by atoms with Gasteiger partial charge in [-0.25, -0.2) is 0 Å². The zero-order valence-corrected chi connectivity index (χ0v) is 14.3. The van der Waals surface area contributed by atoms with Gasteiger partial charge >= 0.3 is 0 Å². The van der Waals surface area contributed by atoms with Crippen LogP contribution < -0.4 is 15.4 Å². The van der Waals surface area contributed by atoms with Crippen molar-refractivity contribution in [1.29, 1.82) is 0 Å². The molecule has 1 aromatic rings. The molecule has 0 radical (unpaired) electrons. The van der Waals surface area contributed by atoms with Crippen molar-refractivity contribution in [3.8, 4) is 5.75 Å². The highest BCUT2D eigenvalue weighted by atomic mass is 79.9. The van der Waals surface area contributed by atoms with E-state index in [0.717, 1.165) is 16.1 Å². The molecule has 0 spiro atoms. The van der Waals surface area contributed by atoms with Crippen LogP contribution in [-0.2, 0) is 0 Å². The van der Waals surface area contributed by atoms with E-state index in [4.69, 9.17) is 4.74 Å². The van der Waals surface area contributed by atoms with E-state index < -0.39 is 0 Å². The molecule has 0 amide bonds. The van der Waals surface area contributed by atoms with Gasteiger partial charge in [-0.1, -0.05) is 12.8 Å². The molecule has 116 valence electrons. The minimum Gasteiger partial charge on any atom is -0.496 e. The van der Waals surface area contributed by atoms with E-state index in [-0.39, 0.29) is 0 Å². The number of rotatable bonds is 4. The molecule has 3 atom stereocenters. The van der Waals surface area contributed by atoms with E-state index >= 15 is 0 Å². The predicted molar refractivity (Wildman–Crippen MR) is 91.1 cm³/mol. The normalized spacial score (nSPS) is 29.3. The Morgan fingerprint density at radius 3 is 2.81 bits per heavy atom. The summed E-state index contributed by atoms with van der Waals surface area (Å²) in [4.78, 5) is 0. The molecule has 1 saturated heterocycles. The largest absolute Gasteiger partial charge is 0.496 e. The second-order valence-corrected chi connectivity index (χ2v) is 7.11. The standard InChI is InChI=1S/C17H25BrN2O/c1-21-17-9-8-12(11-14(17)18)20-16-7-4-5-13(16)15-6-2-3-10-19-15/h8-9,11,13,15-16,19-20H,2-7,10H2,1H3. The third-order valence-corrected chi connectivity index (χ3v) is 5.56. The number of benzene rings is 1. The van der Waals surface area contributed by atoms with Gasteiger partial charge in [0.2, 0.25) is 0 Å². The van der Waals surface area contributed by atoms with Crippen molar-refractivity contribution in [2.24, 2.45) is 5.92 Å². The lowest BCUT2D eigenvalue weighted by atomic mass is 9.88. The summed E-state index contributed by atoms with van der Waals surface area (Å²) in [6.45, 7) is 1.20. The van der Waals surface area contributed by atoms with Crippen LogP contribution >= 0.6 is 15.9 Å². The highest BCUT2D eigenvalue weighted by molar-refractivity contribution is 9.10. The Hall–Kier alpha value is -0.740. The van der Waals surface area contributed by atoms with Gasteiger partial charge in [-0.05, 0) is 72.3 Å². The first-order valence-electron chi connectivity index (χ1n) is 8.11. The van der Waals surface area contributed by atoms with Crippen molar-refractivity contribution in [3.63, 3.8) is 0 Å². The molecule has 3 rings (SSSR count). The van der Waals surface area contributed by atoms with Crippen LogP contribution in [0.5, 0.6) is 5.75 Å². The molecule has 0 aromatic heterocycles. The van der Waals surface area contributed by atoms with Gasteiger partial charge in [-0.2, -0.15) is 0 Å². The summed E-state index contributed by atoms with van der Waals surface area (Å²) in [6, 6.07) is 7.58. The maximum atomic E-state index is 5.30. The maximum Gasteiger partial charge on any atom is 0.133 e. The van der Waals surface area contributed by atoms with Crippen LogP contribution in [-0.4, -0.2) is 25.7 Å². The smallest absolute Gasteiger partial charge is 0.133 e. The van der Waals surface area contributed by atoms with Crippen molar-refractivity contribution in [2.75, 3.05) is 19.0 Å². The fraction of sp³-hybridized carbons (Fsp3) is 0.647. The molecule has 1 aromatic carbocycles. The highest BCUT2D eigenvalue weighted by Gasteiger charge is 2.34. The Labute approximate surface area is 136 Å². The summed E-state index contributed by atoms with van der Waals surface area (Å²) >= 11 is 3.57. The van der Waals surface area contributed by atoms with Crippen LogP contribution in [0.25, 0.3) is 0 Å². The van der Waals surface area contributed by atoms with Crippen LogP contribution in [0.2, 0.25) is 0 Å². The lowest BCUT2D eigenvalue weighted by Gasteiger charge is -2.33. The third kappa shape index (κ3) is 3.54. The van der Waals surface area contributed by atoms with Crippen molar-refractivity contribution >= 4 is 21.6 Å². The van der Waals surface area contributed by atoms with Crippen molar-refractivity contribution < 1.29 is 4.74 Å². The molecule has 1 aliphatic carbocycles. The van der Waals surface area contributed by atoms with E-state index in [0.29, 0.717) is 12.1 Å². The fourth-order valence-electron chi connectivity index (χ4n) is 3.86. The zero-order valence-electron chi connectivity index (χ0n) is 12.7. The average molecular weight is 353 g/mol. The molecule has 21 heavy (non-hydrogen) atoms. The fourth-order valence-corrected chi connectivity index (χ4v) is 4.40. The van der Waals surface area contributed by atoms with Crippen molar-refractivity contribution in [1.82, 2.24) is 5.32 Å². The molecular formula is C17H25BrN2O. The Morgan fingerprint density at radius 2 is 2.10 bits per heavy atom. The molecule has 3 unspecified atom stereocenters. The molecule has 2 N–H and O–H groups in total. The van der Waals surface area contributed by atoms with Crippen LogP contribution in [0.15, 0.2) is 22.7 Å². The predicted octanol–water partition coefficient (Wildman–Crippen LogP) is 4.18. The van der Waals surface area contributed by atoms with E-state index in [1.807, 2.05) is 6.07 Å². The number of nitrogens with one attached hydrogen (secondary N) is 2. The Morgan fingerprint density at radius 1 is 1.19 bits per heavy atom. The van der Waals surface area contributed by atoms with E-state index in [2.05, 4.69) is 38.7 Å². The number of methoxy groups -OCH3 is 1. The molecule has 1 aliphatic heterocycles. The van der Waals surface area contributed by atoms with Gasteiger partial charge in [-0.15, -0.1) is 0 Å². The van der Waals surface area contributed by atoms with E-state index in [9.17, 15) is 0 Å². The zero-order chi connectivity index (χ0) is 14.7. The molecule has 0 bridgehead atoms. The Balaban J connectivity index is 1.66. The number of hydrogen-bond acceptors (Lipinski definition) is 3. The molecular weight excluding hydrogens is 328 g/mol. The first-order chi connectivity index (χ1) is 10.3. The van der Waals surface area contributed by atoms with E-state index in [1.54, 1.807) is 7.11 Å². The average Bonchev–Trinajstić information content (AvgIpc) is 2.96. The highest BCUT2D eigenvalue weighted by Crippen LogP contribution is 2.35. The van der Waals surface area contributed by atoms with Crippen LogP contribution in [0.4, 0.5) is 5.69 Å². The monoisotopic (exact) mass is 352 g/mol. The van der Waals surface area contributed by atoms with Gasteiger partial charge in [0.1, 0.15) is 5.75 Å². The summed E-state index contributed by atoms with van der Waals surface area (Å²) in [5.74, 6) is 1.66. The lowest BCUT2D eigenvalue weighted by Crippen LogP contribution is -2.44. The molecule has 4 heteroatoms. The Bertz CT molecular complexity index is 474. The van der Waals surface area contributed by atoms with Gasteiger partial charge in [-0.3, -0.25) is 0 Å².